The van der Waals surface area contributed by atoms with E-state index < -0.39 is 8.80 Å². The molecule has 1 aliphatic rings. The summed E-state index contributed by atoms with van der Waals surface area (Å²) in [4.78, 5) is 22.8. The first-order valence-corrected chi connectivity index (χ1v) is 7.39. The Bertz CT molecular complexity index is 471. The second kappa shape index (κ2) is 3.47. The summed E-state index contributed by atoms with van der Waals surface area (Å²) in [7, 11) is -0.727. The number of amides is 2. The summed E-state index contributed by atoms with van der Waals surface area (Å²) < 4.78 is 0. The van der Waals surface area contributed by atoms with Crippen LogP contribution in [0.1, 0.15) is 20.7 Å². The first kappa shape index (κ1) is 10.4. The minimum Gasteiger partial charge on any atom is -0.288 e. The molecule has 0 saturated heterocycles. The lowest BCUT2D eigenvalue weighted by Crippen LogP contribution is -2.25. The molecule has 0 unspecified atom stereocenters. The number of rotatable bonds is 1. The highest BCUT2D eigenvalue weighted by Crippen LogP contribution is 2.23. The number of carbonyl (C=O) groups is 2. The third-order valence-corrected chi connectivity index (χ3v) is 4.42. The van der Waals surface area contributed by atoms with Crippen LogP contribution in [0.4, 0.5) is 0 Å². The summed E-state index contributed by atoms with van der Waals surface area (Å²) in [6.45, 7) is 4.18. The molecular formula is C10H9ClNO2Si. The van der Waals surface area contributed by atoms with Crippen LogP contribution in [0.2, 0.25) is 18.1 Å². The number of imide groups is 1. The van der Waals surface area contributed by atoms with Crippen molar-refractivity contribution in [3.63, 3.8) is 0 Å². The Labute approximate surface area is 94.0 Å². The summed E-state index contributed by atoms with van der Waals surface area (Å²) in [5.74, 6) is -0.741. The van der Waals surface area contributed by atoms with Crippen molar-refractivity contribution in [2.45, 2.75) is 13.1 Å². The van der Waals surface area contributed by atoms with Gasteiger partial charge in [0.1, 0.15) is 0 Å². The number of fused-ring (bicyclic) bond motifs is 1. The van der Waals surface area contributed by atoms with Crippen molar-refractivity contribution in [3.8, 4) is 0 Å². The van der Waals surface area contributed by atoms with E-state index in [1.165, 1.54) is 0 Å². The smallest absolute Gasteiger partial charge is 0.260 e. The van der Waals surface area contributed by atoms with Crippen molar-refractivity contribution in [1.29, 1.82) is 0 Å². The van der Waals surface area contributed by atoms with E-state index in [0.29, 0.717) is 16.1 Å². The fraction of sp³-hybridized carbons (Fsp3) is 0.200. The van der Waals surface area contributed by atoms with E-state index in [9.17, 15) is 9.59 Å². The quantitative estimate of drug-likeness (QED) is 0.590. The van der Waals surface area contributed by atoms with Gasteiger partial charge >= 0.3 is 0 Å². The standard InChI is InChI=1S/C10H9ClNO2Si/c1-15(2)6-4-3-5-7(8(6)11)10(14)12-9(5)13/h3-4H,1-2H3,(H,12,13,14). The Morgan fingerprint density at radius 3 is 2.47 bits per heavy atom. The van der Waals surface area contributed by atoms with E-state index >= 15 is 0 Å². The van der Waals surface area contributed by atoms with Crippen LogP contribution in [0.5, 0.6) is 0 Å². The van der Waals surface area contributed by atoms with Crippen LogP contribution in [0.3, 0.4) is 0 Å². The zero-order chi connectivity index (χ0) is 11.2. The average Bonchev–Trinajstić information content (AvgIpc) is 2.43. The average molecular weight is 239 g/mol. The number of benzene rings is 1. The number of halogens is 1. The number of hydrogen-bond donors (Lipinski definition) is 1. The maximum atomic E-state index is 11.5. The predicted octanol–water partition coefficient (Wildman–Crippen LogP) is 1.19. The Hall–Kier alpha value is -1.13. The van der Waals surface area contributed by atoms with Gasteiger partial charge in [0.15, 0.2) is 0 Å². The molecular weight excluding hydrogens is 230 g/mol. The maximum Gasteiger partial charge on any atom is 0.260 e. The first-order chi connectivity index (χ1) is 7.02. The molecule has 0 spiro atoms. The molecule has 1 aromatic rings. The van der Waals surface area contributed by atoms with Crippen molar-refractivity contribution in [2.24, 2.45) is 0 Å². The van der Waals surface area contributed by atoms with Gasteiger partial charge in [0.05, 0.1) is 24.9 Å². The molecule has 1 N–H and O–H groups in total. The zero-order valence-electron chi connectivity index (χ0n) is 8.35. The Morgan fingerprint density at radius 1 is 1.20 bits per heavy atom. The molecule has 5 heteroatoms. The lowest BCUT2D eigenvalue weighted by molar-refractivity contribution is 0.0879. The predicted molar refractivity (Wildman–Crippen MR) is 60.4 cm³/mol. The van der Waals surface area contributed by atoms with Gasteiger partial charge in [-0.15, -0.1) is 0 Å². The minimum absolute atomic E-state index is 0.338. The molecule has 1 aromatic carbocycles. The molecule has 0 atom stereocenters. The van der Waals surface area contributed by atoms with Gasteiger partial charge in [-0.1, -0.05) is 30.8 Å². The second-order valence-electron chi connectivity index (χ2n) is 3.63. The van der Waals surface area contributed by atoms with E-state index in [1.807, 2.05) is 6.07 Å². The molecule has 2 rings (SSSR count). The highest BCUT2D eigenvalue weighted by Gasteiger charge is 2.30. The van der Waals surface area contributed by atoms with Crippen LogP contribution in [0.15, 0.2) is 12.1 Å². The summed E-state index contributed by atoms with van der Waals surface area (Å²) >= 11 is 6.12. The Kier molecular flexibility index (Phi) is 2.40. The normalized spacial score (nSPS) is 14.4. The van der Waals surface area contributed by atoms with E-state index in [1.54, 1.807) is 6.07 Å². The molecule has 0 saturated carbocycles. The molecule has 0 aromatic heterocycles. The van der Waals surface area contributed by atoms with E-state index in [4.69, 9.17) is 11.6 Å². The fourth-order valence-electron chi connectivity index (χ4n) is 1.61. The molecule has 0 fully saturated rings. The summed E-state index contributed by atoms with van der Waals surface area (Å²) in [6, 6.07) is 3.52. The van der Waals surface area contributed by atoms with Gasteiger partial charge in [-0.3, -0.25) is 14.9 Å². The van der Waals surface area contributed by atoms with Crippen molar-refractivity contribution in [2.75, 3.05) is 0 Å². The third-order valence-electron chi connectivity index (χ3n) is 2.38. The zero-order valence-corrected chi connectivity index (χ0v) is 10.1. The molecule has 0 bridgehead atoms. The second-order valence-corrected chi connectivity index (χ2v) is 6.55. The van der Waals surface area contributed by atoms with Gasteiger partial charge in [0, 0.05) is 0 Å². The Morgan fingerprint density at radius 2 is 1.87 bits per heavy atom. The summed E-state index contributed by atoms with van der Waals surface area (Å²) in [6.07, 6.45) is 0. The van der Waals surface area contributed by atoms with Crippen LogP contribution in [0.25, 0.3) is 0 Å². The van der Waals surface area contributed by atoms with Gasteiger partial charge in [-0.05, 0) is 11.3 Å². The number of hydrogen-bond acceptors (Lipinski definition) is 2. The number of carbonyl (C=O) groups excluding carboxylic acids is 2. The first-order valence-electron chi connectivity index (χ1n) is 4.51. The number of nitrogens with one attached hydrogen (secondary N) is 1. The van der Waals surface area contributed by atoms with Gasteiger partial charge < -0.3 is 0 Å². The third kappa shape index (κ3) is 1.50. The lowest BCUT2D eigenvalue weighted by Gasteiger charge is -2.08. The van der Waals surface area contributed by atoms with Gasteiger partial charge in [0.2, 0.25) is 0 Å². The van der Waals surface area contributed by atoms with Crippen LogP contribution in [-0.2, 0) is 0 Å². The van der Waals surface area contributed by atoms with Gasteiger partial charge in [0.25, 0.3) is 11.8 Å². The molecule has 15 heavy (non-hydrogen) atoms. The van der Waals surface area contributed by atoms with Crippen LogP contribution < -0.4 is 10.5 Å². The lowest BCUT2D eigenvalue weighted by atomic mass is 10.1. The summed E-state index contributed by atoms with van der Waals surface area (Å²) in [5, 5.41) is 3.67. The van der Waals surface area contributed by atoms with Crippen molar-refractivity contribution < 1.29 is 9.59 Å². The minimum atomic E-state index is -0.727. The van der Waals surface area contributed by atoms with E-state index in [-0.39, 0.29) is 11.8 Å². The SMILES string of the molecule is C[Si](C)c1ccc2c(c1Cl)C(=O)NC2=O. The van der Waals surface area contributed by atoms with Crippen LogP contribution >= 0.6 is 11.6 Å². The molecule has 1 heterocycles. The monoisotopic (exact) mass is 238 g/mol. The van der Waals surface area contributed by atoms with Gasteiger partial charge in [-0.25, -0.2) is 0 Å². The molecule has 0 aliphatic carbocycles. The van der Waals surface area contributed by atoms with Crippen LogP contribution in [-0.4, -0.2) is 20.6 Å². The summed E-state index contributed by atoms with van der Waals surface area (Å²) in [5.41, 5.74) is 0.724. The topological polar surface area (TPSA) is 46.2 Å². The fourth-order valence-corrected chi connectivity index (χ4v) is 3.40. The molecule has 77 valence electrons. The molecule has 3 nitrogen and oxygen atoms in total. The van der Waals surface area contributed by atoms with Crippen molar-refractivity contribution >= 4 is 37.4 Å². The Balaban J connectivity index is 2.68. The maximum absolute atomic E-state index is 11.5. The van der Waals surface area contributed by atoms with Crippen LogP contribution in [0, 0.1) is 0 Å². The largest absolute Gasteiger partial charge is 0.288 e. The van der Waals surface area contributed by atoms with Crippen molar-refractivity contribution in [3.05, 3.63) is 28.3 Å². The molecule has 1 aliphatic heterocycles. The highest BCUT2D eigenvalue weighted by molar-refractivity contribution is 6.73. The molecule has 1 radical (unpaired) electrons. The highest BCUT2D eigenvalue weighted by atomic mass is 35.5. The molecule has 2 amide bonds. The van der Waals surface area contributed by atoms with Crippen molar-refractivity contribution in [1.82, 2.24) is 5.32 Å². The van der Waals surface area contributed by atoms with Gasteiger partial charge in [-0.2, -0.15) is 0 Å². The van der Waals surface area contributed by atoms with E-state index in [2.05, 4.69) is 18.4 Å². The van der Waals surface area contributed by atoms with E-state index in [0.717, 1.165) is 5.19 Å².